The Morgan fingerprint density at radius 3 is 2.68 bits per heavy atom. The number of anilines is 1. The number of carbonyl (C=O) groups is 2. The fourth-order valence-corrected chi connectivity index (χ4v) is 4.06. The molecule has 1 aliphatic rings. The number of benzene rings is 2. The SMILES string of the molecule is O=C(CCCN1C(=O)/C(=C\c2ccc(F)cc2)SC1=S)Nc1cc([N+](=O)[O-])ccc1O. The van der Waals surface area contributed by atoms with Crippen LogP contribution in [-0.2, 0) is 9.59 Å². The monoisotopic (exact) mass is 461 g/mol. The molecule has 0 saturated carbocycles. The summed E-state index contributed by atoms with van der Waals surface area (Å²) in [5, 5.41) is 23.0. The van der Waals surface area contributed by atoms with Gasteiger partial charge in [-0.15, -0.1) is 0 Å². The van der Waals surface area contributed by atoms with E-state index in [1.54, 1.807) is 18.2 Å². The number of thiocarbonyl (C=S) groups is 1. The van der Waals surface area contributed by atoms with E-state index >= 15 is 0 Å². The number of nitrogens with one attached hydrogen (secondary N) is 1. The minimum atomic E-state index is -0.635. The summed E-state index contributed by atoms with van der Waals surface area (Å²) in [6.07, 6.45) is 1.92. The van der Waals surface area contributed by atoms with Crippen LogP contribution in [0.25, 0.3) is 6.08 Å². The van der Waals surface area contributed by atoms with Crippen molar-refractivity contribution in [2.75, 3.05) is 11.9 Å². The van der Waals surface area contributed by atoms with Crippen LogP contribution in [0.1, 0.15) is 18.4 Å². The van der Waals surface area contributed by atoms with Crippen LogP contribution in [0.4, 0.5) is 15.8 Å². The largest absolute Gasteiger partial charge is 0.506 e. The Labute approximate surface area is 185 Å². The fourth-order valence-electron chi connectivity index (χ4n) is 2.75. The molecule has 0 aromatic heterocycles. The molecule has 2 N–H and O–H groups in total. The average molecular weight is 461 g/mol. The van der Waals surface area contributed by atoms with Crippen LogP contribution < -0.4 is 5.32 Å². The predicted molar refractivity (Wildman–Crippen MR) is 119 cm³/mol. The quantitative estimate of drug-likeness (QED) is 0.210. The van der Waals surface area contributed by atoms with Crippen LogP contribution >= 0.6 is 24.0 Å². The van der Waals surface area contributed by atoms with Crippen molar-refractivity contribution in [3.63, 3.8) is 0 Å². The number of phenols is 1. The van der Waals surface area contributed by atoms with Gasteiger partial charge in [-0.05, 0) is 36.3 Å². The van der Waals surface area contributed by atoms with Crippen molar-refractivity contribution in [2.45, 2.75) is 12.8 Å². The predicted octanol–water partition coefficient (Wildman–Crippen LogP) is 4.06. The minimum absolute atomic E-state index is 0.0101. The van der Waals surface area contributed by atoms with Crippen LogP contribution in [0.2, 0.25) is 0 Å². The van der Waals surface area contributed by atoms with Crippen LogP contribution in [0.3, 0.4) is 0 Å². The number of hydrogen-bond acceptors (Lipinski definition) is 7. The van der Waals surface area contributed by atoms with Gasteiger partial charge in [0.15, 0.2) is 0 Å². The van der Waals surface area contributed by atoms with Crippen LogP contribution in [-0.4, -0.2) is 37.6 Å². The van der Waals surface area contributed by atoms with Crippen LogP contribution in [0, 0.1) is 15.9 Å². The molecule has 1 heterocycles. The molecule has 31 heavy (non-hydrogen) atoms. The van der Waals surface area contributed by atoms with Gasteiger partial charge in [-0.2, -0.15) is 0 Å². The Kier molecular flexibility index (Phi) is 6.98. The Hall–Kier alpha value is -3.31. The second kappa shape index (κ2) is 9.67. The van der Waals surface area contributed by atoms with E-state index in [0.717, 1.165) is 30.0 Å². The number of hydrogen-bond donors (Lipinski definition) is 2. The first-order chi connectivity index (χ1) is 14.7. The van der Waals surface area contributed by atoms with Crippen molar-refractivity contribution in [1.82, 2.24) is 4.90 Å². The molecule has 160 valence electrons. The number of rotatable bonds is 7. The Morgan fingerprint density at radius 1 is 1.29 bits per heavy atom. The Bertz CT molecular complexity index is 1090. The third kappa shape index (κ3) is 5.64. The molecular weight excluding hydrogens is 445 g/mol. The van der Waals surface area contributed by atoms with Crippen molar-refractivity contribution in [2.24, 2.45) is 0 Å². The van der Waals surface area contributed by atoms with Crippen LogP contribution in [0.15, 0.2) is 47.4 Å². The van der Waals surface area contributed by atoms with Crippen molar-refractivity contribution >= 4 is 57.6 Å². The molecule has 0 atom stereocenters. The van der Waals surface area contributed by atoms with Gasteiger partial charge in [-0.3, -0.25) is 24.6 Å². The second-order valence-electron chi connectivity index (χ2n) is 6.50. The van der Waals surface area contributed by atoms with Gasteiger partial charge in [0.25, 0.3) is 11.6 Å². The van der Waals surface area contributed by atoms with Gasteiger partial charge in [-0.1, -0.05) is 36.1 Å². The van der Waals surface area contributed by atoms with Crippen molar-refractivity contribution in [1.29, 1.82) is 0 Å². The topological polar surface area (TPSA) is 113 Å². The molecule has 0 aliphatic carbocycles. The number of nitro benzene ring substituents is 1. The zero-order chi connectivity index (χ0) is 22.5. The number of amides is 2. The molecule has 1 saturated heterocycles. The van der Waals surface area contributed by atoms with Gasteiger partial charge < -0.3 is 10.4 Å². The first-order valence-corrected chi connectivity index (χ1v) is 10.3. The summed E-state index contributed by atoms with van der Waals surface area (Å²) < 4.78 is 13.4. The summed E-state index contributed by atoms with van der Waals surface area (Å²) in [4.78, 5) is 36.7. The third-order valence-corrected chi connectivity index (χ3v) is 5.67. The molecule has 3 rings (SSSR count). The maximum Gasteiger partial charge on any atom is 0.271 e. The van der Waals surface area contributed by atoms with E-state index in [2.05, 4.69) is 5.32 Å². The molecule has 8 nitrogen and oxygen atoms in total. The van der Waals surface area contributed by atoms with Crippen molar-refractivity contribution < 1.29 is 24.0 Å². The standard InChI is InChI=1S/C20H16FN3O5S2/c21-13-5-3-12(4-6-13)10-17-19(27)23(20(30)31-17)9-1-2-18(26)22-15-11-14(24(28)29)7-8-16(15)25/h3-8,10-11,25H,1-2,9H2,(H,22,26)/b17-10+. The lowest BCUT2D eigenvalue weighted by Gasteiger charge is -2.14. The summed E-state index contributed by atoms with van der Waals surface area (Å²) in [5.41, 5.74) is 0.337. The lowest BCUT2D eigenvalue weighted by molar-refractivity contribution is -0.384. The Balaban J connectivity index is 1.55. The number of carbonyl (C=O) groups excluding carboxylic acids is 2. The molecule has 11 heteroatoms. The summed E-state index contributed by atoms with van der Waals surface area (Å²) in [6, 6.07) is 9.01. The summed E-state index contributed by atoms with van der Waals surface area (Å²) in [6.45, 7) is 0.208. The highest BCUT2D eigenvalue weighted by Gasteiger charge is 2.31. The van der Waals surface area contributed by atoms with E-state index in [-0.39, 0.29) is 48.2 Å². The first-order valence-electron chi connectivity index (χ1n) is 9.03. The molecular formula is C20H16FN3O5S2. The minimum Gasteiger partial charge on any atom is -0.506 e. The van der Waals surface area contributed by atoms with E-state index in [1.165, 1.54) is 17.0 Å². The maximum absolute atomic E-state index is 13.0. The number of non-ortho nitro benzene ring substituents is 1. The molecule has 2 aromatic rings. The summed E-state index contributed by atoms with van der Waals surface area (Å²) >= 11 is 6.37. The number of nitrogens with zero attached hydrogens (tertiary/aromatic N) is 2. The zero-order valence-electron chi connectivity index (χ0n) is 15.9. The Morgan fingerprint density at radius 2 is 2.00 bits per heavy atom. The van der Waals surface area contributed by atoms with E-state index in [0.29, 0.717) is 14.8 Å². The summed E-state index contributed by atoms with van der Waals surface area (Å²) in [5.74, 6) is -1.43. The number of halogens is 1. The number of thioether (sulfide) groups is 1. The molecule has 1 fully saturated rings. The highest BCUT2D eigenvalue weighted by molar-refractivity contribution is 8.26. The highest BCUT2D eigenvalue weighted by Crippen LogP contribution is 2.33. The molecule has 2 aromatic carbocycles. The van der Waals surface area contributed by atoms with Crippen LogP contribution in [0.5, 0.6) is 5.75 Å². The van der Waals surface area contributed by atoms with Gasteiger partial charge in [0, 0.05) is 25.1 Å². The summed E-state index contributed by atoms with van der Waals surface area (Å²) in [7, 11) is 0. The molecule has 1 aliphatic heterocycles. The smallest absolute Gasteiger partial charge is 0.271 e. The third-order valence-electron chi connectivity index (χ3n) is 4.29. The van der Waals surface area contributed by atoms with E-state index in [1.807, 2.05) is 0 Å². The van der Waals surface area contributed by atoms with Crippen molar-refractivity contribution in [3.05, 3.63) is 68.9 Å². The van der Waals surface area contributed by atoms with Gasteiger partial charge in [0.05, 0.1) is 15.5 Å². The van der Waals surface area contributed by atoms with Gasteiger partial charge in [-0.25, -0.2) is 4.39 Å². The number of nitro groups is 1. The second-order valence-corrected chi connectivity index (χ2v) is 8.17. The molecule has 0 spiro atoms. The number of aromatic hydroxyl groups is 1. The highest BCUT2D eigenvalue weighted by atomic mass is 32.2. The maximum atomic E-state index is 13.0. The zero-order valence-corrected chi connectivity index (χ0v) is 17.5. The fraction of sp³-hybridized carbons (Fsp3) is 0.150. The molecule has 0 bridgehead atoms. The normalized spacial score (nSPS) is 14.9. The van der Waals surface area contributed by atoms with E-state index in [4.69, 9.17) is 12.2 Å². The van der Waals surface area contributed by atoms with Gasteiger partial charge >= 0.3 is 0 Å². The van der Waals surface area contributed by atoms with Gasteiger partial charge in [0.2, 0.25) is 5.91 Å². The van der Waals surface area contributed by atoms with Crippen molar-refractivity contribution in [3.8, 4) is 5.75 Å². The number of phenolic OH excluding ortho intramolecular Hbond substituents is 1. The first kappa shape index (κ1) is 22.4. The molecule has 0 radical (unpaired) electrons. The molecule has 0 unspecified atom stereocenters. The van der Waals surface area contributed by atoms with E-state index < -0.39 is 10.8 Å². The molecule has 2 amide bonds. The van der Waals surface area contributed by atoms with E-state index in [9.17, 15) is 29.2 Å². The van der Waals surface area contributed by atoms with Gasteiger partial charge in [0.1, 0.15) is 15.9 Å². The lowest BCUT2D eigenvalue weighted by Crippen LogP contribution is -2.29. The average Bonchev–Trinajstić information content (AvgIpc) is 2.98. The lowest BCUT2D eigenvalue weighted by atomic mass is 10.2.